The van der Waals surface area contributed by atoms with Gasteiger partial charge in [-0.05, 0) is 44.4 Å². The fourth-order valence-electron chi connectivity index (χ4n) is 4.26. The van der Waals surface area contributed by atoms with Crippen LogP contribution in [0.5, 0.6) is 0 Å². The molecule has 1 amide bonds. The predicted octanol–water partition coefficient (Wildman–Crippen LogP) is 3.72. The quantitative estimate of drug-likeness (QED) is 0.277. The van der Waals surface area contributed by atoms with E-state index in [-0.39, 0.29) is 11.3 Å². The van der Waals surface area contributed by atoms with Gasteiger partial charge < -0.3 is 19.1 Å². The predicted molar refractivity (Wildman–Crippen MR) is 121 cm³/mol. The largest absolute Gasteiger partial charge is 0.505 e. The zero-order valence-electron chi connectivity index (χ0n) is 18.8. The van der Waals surface area contributed by atoms with Crippen molar-refractivity contribution in [3.8, 4) is 0 Å². The van der Waals surface area contributed by atoms with E-state index in [1.54, 1.807) is 7.11 Å². The van der Waals surface area contributed by atoms with Gasteiger partial charge in [-0.25, -0.2) is 4.98 Å². The average molecular weight is 434 g/mol. The average Bonchev–Trinajstić information content (AvgIpc) is 3.25. The van der Waals surface area contributed by atoms with Crippen LogP contribution in [0.1, 0.15) is 40.5 Å². The van der Waals surface area contributed by atoms with Gasteiger partial charge >= 0.3 is 0 Å². The lowest BCUT2D eigenvalue weighted by Gasteiger charge is -2.25. The van der Waals surface area contributed by atoms with Crippen LogP contribution >= 0.6 is 0 Å². The second kappa shape index (κ2) is 8.59. The number of carbonyl (C=O) groups excluding carboxylic acids is 2. The minimum Gasteiger partial charge on any atom is -0.505 e. The van der Waals surface area contributed by atoms with Crippen LogP contribution in [0.4, 0.5) is 0 Å². The Labute approximate surface area is 187 Å². The van der Waals surface area contributed by atoms with Gasteiger partial charge in [0.25, 0.3) is 11.7 Å². The number of ether oxygens (including phenoxy) is 1. The molecular formula is C25H27N3O4. The van der Waals surface area contributed by atoms with E-state index in [9.17, 15) is 14.7 Å². The van der Waals surface area contributed by atoms with Crippen LogP contribution < -0.4 is 0 Å². The molecule has 0 radical (unpaired) electrons. The number of aromatic nitrogens is 2. The summed E-state index contributed by atoms with van der Waals surface area (Å²) in [4.78, 5) is 32.2. The SMILES string of the molecule is COCCCN1C(=O)C(=O)/C(=C(/O)c2nc3c(C)cccn3c2C)C1c1ccc(C)cc1. The first-order valence-corrected chi connectivity index (χ1v) is 10.6. The summed E-state index contributed by atoms with van der Waals surface area (Å²) in [6.07, 6.45) is 2.45. The highest BCUT2D eigenvalue weighted by molar-refractivity contribution is 6.46. The van der Waals surface area contributed by atoms with E-state index in [2.05, 4.69) is 4.98 Å². The standard InChI is InChI=1S/C25H27N3O4/c1-15-8-10-18(11-9-15)21-19(23(30)25(31)28(21)13-6-14-32-4)22(29)20-17(3)27-12-5-7-16(2)24(27)26-20/h5,7-12,21,29H,6,13-14H2,1-4H3/b22-19+. The molecular weight excluding hydrogens is 406 g/mol. The second-order valence-electron chi connectivity index (χ2n) is 8.18. The molecule has 1 unspecified atom stereocenters. The highest BCUT2D eigenvalue weighted by Crippen LogP contribution is 2.40. The number of Topliss-reactive ketones (excluding diaryl/α,β-unsaturated/α-hetero) is 1. The number of aryl methyl sites for hydroxylation is 3. The van der Waals surface area contributed by atoms with Crippen LogP contribution in [-0.4, -0.2) is 51.3 Å². The third-order valence-electron chi connectivity index (χ3n) is 5.99. The van der Waals surface area contributed by atoms with Crippen molar-refractivity contribution in [2.24, 2.45) is 0 Å². The molecule has 166 valence electrons. The number of amides is 1. The molecule has 1 aliphatic rings. The van der Waals surface area contributed by atoms with Crippen molar-refractivity contribution in [2.45, 2.75) is 33.2 Å². The Bertz CT molecular complexity index is 1220. The number of aliphatic hydroxyl groups excluding tert-OH is 1. The molecule has 0 bridgehead atoms. The smallest absolute Gasteiger partial charge is 0.295 e. The van der Waals surface area contributed by atoms with E-state index in [0.717, 1.165) is 16.7 Å². The van der Waals surface area contributed by atoms with Crippen LogP contribution in [0.3, 0.4) is 0 Å². The number of imidazole rings is 1. The highest BCUT2D eigenvalue weighted by atomic mass is 16.5. The van der Waals surface area contributed by atoms with Crippen molar-refractivity contribution in [1.82, 2.24) is 14.3 Å². The Hall–Kier alpha value is -3.45. The molecule has 3 aromatic rings. The molecule has 1 fully saturated rings. The number of aliphatic hydroxyl groups is 1. The first kappa shape index (κ1) is 21.8. The molecule has 0 aliphatic carbocycles. The first-order valence-electron chi connectivity index (χ1n) is 10.6. The van der Waals surface area contributed by atoms with Crippen LogP contribution in [0, 0.1) is 20.8 Å². The van der Waals surface area contributed by atoms with E-state index in [4.69, 9.17) is 4.74 Å². The summed E-state index contributed by atoms with van der Waals surface area (Å²) in [7, 11) is 1.60. The Morgan fingerprint density at radius 1 is 1.12 bits per heavy atom. The molecule has 7 nitrogen and oxygen atoms in total. The lowest BCUT2D eigenvalue weighted by atomic mass is 9.95. The summed E-state index contributed by atoms with van der Waals surface area (Å²) in [5, 5.41) is 11.3. The van der Waals surface area contributed by atoms with Crippen molar-refractivity contribution in [1.29, 1.82) is 0 Å². The van der Waals surface area contributed by atoms with Gasteiger partial charge in [0, 0.05) is 26.5 Å². The molecule has 3 heterocycles. The molecule has 32 heavy (non-hydrogen) atoms. The number of nitrogens with zero attached hydrogens (tertiary/aromatic N) is 3. The van der Waals surface area contributed by atoms with Gasteiger partial charge in [-0.1, -0.05) is 35.9 Å². The van der Waals surface area contributed by atoms with Gasteiger partial charge in [0.05, 0.1) is 17.3 Å². The van der Waals surface area contributed by atoms with Gasteiger partial charge in [-0.15, -0.1) is 0 Å². The molecule has 4 rings (SSSR count). The number of likely N-dealkylation sites (tertiary alicyclic amines) is 1. The van der Waals surface area contributed by atoms with E-state index >= 15 is 0 Å². The van der Waals surface area contributed by atoms with E-state index in [1.807, 2.05) is 67.8 Å². The molecule has 7 heteroatoms. The molecule has 1 N–H and O–H groups in total. The Balaban J connectivity index is 1.89. The van der Waals surface area contributed by atoms with Crippen molar-refractivity contribution in [3.05, 3.63) is 76.2 Å². The van der Waals surface area contributed by atoms with E-state index < -0.39 is 17.7 Å². The lowest BCUT2D eigenvalue weighted by molar-refractivity contribution is -0.140. The third kappa shape index (κ3) is 3.58. The number of hydrogen-bond donors (Lipinski definition) is 1. The van der Waals surface area contributed by atoms with Gasteiger partial charge in [0.2, 0.25) is 0 Å². The first-order chi connectivity index (χ1) is 15.3. The Morgan fingerprint density at radius 3 is 2.50 bits per heavy atom. The van der Waals surface area contributed by atoms with E-state index in [0.29, 0.717) is 36.6 Å². The van der Waals surface area contributed by atoms with Crippen molar-refractivity contribution >= 4 is 23.1 Å². The maximum absolute atomic E-state index is 13.1. The summed E-state index contributed by atoms with van der Waals surface area (Å²) in [6, 6.07) is 10.8. The number of benzene rings is 1. The zero-order chi connectivity index (χ0) is 23.0. The zero-order valence-corrected chi connectivity index (χ0v) is 18.8. The number of hydrogen-bond acceptors (Lipinski definition) is 5. The summed E-state index contributed by atoms with van der Waals surface area (Å²) in [5.41, 5.74) is 4.57. The maximum Gasteiger partial charge on any atom is 0.295 e. The summed E-state index contributed by atoms with van der Waals surface area (Å²) >= 11 is 0. The summed E-state index contributed by atoms with van der Waals surface area (Å²) < 4.78 is 7.00. The molecule has 0 spiro atoms. The topological polar surface area (TPSA) is 84.1 Å². The molecule has 1 aliphatic heterocycles. The highest BCUT2D eigenvalue weighted by Gasteiger charge is 2.46. The van der Waals surface area contributed by atoms with Crippen LogP contribution in [0.25, 0.3) is 11.4 Å². The normalized spacial score (nSPS) is 18.1. The van der Waals surface area contributed by atoms with Crippen molar-refractivity contribution in [2.75, 3.05) is 20.3 Å². The molecule has 1 atom stereocenters. The van der Waals surface area contributed by atoms with Gasteiger partial charge in [-0.3, -0.25) is 9.59 Å². The lowest BCUT2D eigenvalue weighted by Crippen LogP contribution is -2.31. The minimum atomic E-state index is -0.696. The van der Waals surface area contributed by atoms with Gasteiger partial charge in [-0.2, -0.15) is 0 Å². The minimum absolute atomic E-state index is 0.0698. The number of methoxy groups -OCH3 is 1. The number of carbonyl (C=O) groups is 2. The third-order valence-corrected chi connectivity index (χ3v) is 5.99. The van der Waals surface area contributed by atoms with Crippen molar-refractivity contribution in [3.63, 3.8) is 0 Å². The van der Waals surface area contributed by atoms with Gasteiger partial charge in [0.1, 0.15) is 11.3 Å². The summed E-state index contributed by atoms with van der Waals surface area (Å²) in [6.45, 7) is 6.56. The van der Waals surface area contributed by atoms with Crippen LogP contribution in [0.15, 0.2) is 48.2 Å². The van der Waals surface area contributed by atoms with Gasteiger partial charge in [0.15, 0.2) is 5.76 Å². The number of fused-ring (bicyclic) bond motifs is 1. The van der Waals surface area contributed by atoms with Crippen LogP contribution in [0.2, 0.25) is 0 Å². The molecule has 0 saturated carbocycles. The Morgan fingerprint density at radius 2 is 1.84 bits per heavy atom. The fraction of sp³-hybridized carbons (Fsp3) is 0.320. The molecule has 2 aromatic heterocycles. The Kier molecular flexibility index (Phi) is 5.84. The number of ketones is 1. The van der Waals surface area contributed by atoms with Crippen LogP contribution in [-0.2, 0) is 14.3 Å². The number of pyridine rings is 1. The summed E-state index contributed by atoms with van der Waals surface area (Å²) in [5.74, 6) is -1.56. The second-order valence-corrected chi connectivity index (χ2v) is 8.18. The van der Waals surface area contributed by atoms with E-state index in [1.165, 1.54) is 4.90 Å². The monoisotopic (exact) mass is 433 g/mol. The number of rotatable bonds is 6. The molecule has 1 aromatic carbocycles. The maximum atomic E-state index is 13.1. The fourth-order valence-corrected chi connectivity index (χ4v) is 4.26. The van der Waals surface area contributed by atoms with Crippen molar-refractivity contribution < 1.29 is 19.4 Å². The molecule has 1 saturated heterocycles.